The van der Waals surface area contributed by atoms with E-state index in [1.807, 2.05) is 18.2 Å². The summed E-state index contributed by atoms with van der Waals surface area (Å²) in [5.41, 5.74) is 3.04. The molecule has 3 N–H and O–H groups in total. The lowest BCUT2D eigenvalue weighted by Crippen LogP contribution is -3.27. The van der Waals surface area contributed by atoms with E-state index < -0.39 is 5.54 Å². The van der Waals surface area contributed by atoms with Gasteiger partial charge in [0.25, 0.3) is 0 Å². The number of carbonyl (C=O) groups is 1. The van der Waals surface area contributed by atoms with Gasteiger partial charge in [-0.05, 0) is 68.5 Å². The van der Waals surface area contributed by atoms with Gasteiger partial charge in [-0.3, -0.25) is 4.79 Å². The number of hydrogen-bond donors (Lipinski definition) is 3. The molecule has 0 spiro atoms. The van der Waals surface area contributed by atoms with Crippen molar-refractivity contribution in [1.29, 1.82) is 0 Å². The summed E-state index contributed by atoms with van der Waals surface area (Å²) in [6, 6.07) is 9.14. The Kier molecular flexibility index (Phi) is 5.31. The standard InChI is InChI=1S/C27H33NO5/c1-26-10-4-5-11-28(26)27(2)16-18(15-26)33-25(31)9-7-17-6-8-22(29)20(12-17)19-13-24(32-3)23(30)14-21(19)27/h6,8,12-14,18,29-30H,4-5,7,9-11,15-16H2,1-3H3/p+1/t18-,26-,27-/m0/s1. The molecule has 0 radical (unpaired) electrons. The number of hydrogen-bond acceptors (Lipinski definition) is 5. The maximum absolute atomic E-state index is 12.8. The highest BCUT2D eigenvalue weighted by Crippen LogP contribution is 2.46. The maximum atomic E-state index is 12.8. The summed E-state index contributed by atoms with van der Waals surface area (Å²) in [6.07, 6.45) is 5.58. The van der Waals surface area contributed by atoms with E-state index in [0.29, 0.717) is 30.6 Å². The topological polar surface area (TPSA) is 80.4 Å². The Balaban J connectivity index is 1.80. The predicted molar refractivity (Wildman–Crippen MR) is 125 cm³/mol. The van der Waals surface area contributed by atoms with Crippen LogP contribution >= 0.6 is 0 Å². The van der Waals surface area contributed by atoms with Crippen molar-refractivity contribution in [1.82, 2.24) is 0 Å². The molecular formula is C27H34NO5+. The number of nitrogens with one attached hydrogen (secondary N) is 1. The summed E-state index contributed by atoms with van der Waals surface area (Å²) >= 11 is 0. The third-order valence-corrected chi connectivity index (χ3v) is 8.29. The monoisotopic (exact) mass is 452 g/mol. The van der Waals surface area contributed by atoms with Crippen molar-refractivity contribution in [3.05, 3.63) is 41.5 Å². The lowest BCUT2D eigenvalue weighted by molar-refractivity contribution is -1.02. The number of rotatable bonds is 1. The normalized spacial score (nSPS) is 31.3. The van der Waals surface area contributed by atoms with E-state index in [1.54, 1.807) is 12.1 Å². The largest absolute Gasteiger partial charge is 0.507 e. The molecule has 1 unspecified atom stereocenters. The van der Waals surface area contributed by atoms with E-state index in [0.717, 1.165) is 42.5 Å². The molecule has 0 saturated carbocycles. The van der Waals surface area contributed by atoms with Crippen LogP contribution in [0.5, 0.6) is 17.2 Å². The van der Waals surface area contributed by atoms with Gasteiger partial charge in [0.2, 0.25) is 0 Å². The molecular weight excluding hydrogens is 418 g/mol. The van der Waals surface area contributed by atoms with Gasteiger partial charge in [-0.1, -0.05) is 6.07 Å². The van der Waals surface area contributed by atoms with E-state index in [1.165, 1.54) is 18.4 Å². The Morgan fingerprint density at radius 1 is 1.03 bits per heavy atom. The number of aryl methyl sites for hydroxylation is 1. The van der Waals surface area contributed by atoms with Gasteiger partial charge in [-0.15, -0.1) is 0 Å². The molecule has 3 aliphatic heterocycles. The second-order valence-corrected chi connectivity index (χ2v) is 10.5. The zero-order valence-electron chi connectivity index (χ0n) is 19.7. The van der Waals surface area contributed by atoms with Crippen molar-refractivity contribution < 1.29 is 29.4 Å². The molecule has 2 saturated heterocycles. The average molecular weight is 453 g/mol. The Hall–Kier alpha value is -2.73. The van der Waals surface area contributed by atoms with Crippen LogP contribution in [-0.4, -0.2) is 41.5 Å². The number of fused-ring (bicyclic) bond motifs is 9. The number of quaternary nitrogens is 1. The number of esters is 1. The molecule has 6 nitrogen and oxygen atoms in total. The highest BCUT2D eigenvalue weighted by molar-refractivity contribution is 5.78. The number of ether oxygens (including phenoxy) is 2. The molecule has 0 aliphatic carbocycles. The second kappa shape index (κ2) is 7.94. The predicted octanol–water partition coefficient (Wildman–Crippen LogP) is 3.47. The molecule has 6 heteroatoms. The lowest BCUT2D eigenvalue weighted by Gasteiger charge is -2.56. The SMILES string of the molecule is COc1cc2c(cc1O)[C@]1(C)C[C@H](C[C@]3(C)CCCC[NH+]31)OC(=O)CCc1ccc(O)c-2c1. The fourth-order valence-corrected chi connectivity index (χ4v) is 6.80. The summed E-state index contributed by atoms with van der Waals surface area (Å²) in [6.45, 7) is 5.56. The summed E-state index contributed by atoms with van der Waals surface area (Å²) < 4.78 is 11.5. The quantitative estimate of drug-likeness (QED) is 0.578. The molecule has 2 aromatic rings. The van der Waals surface area contributed by atoms with E-state index >= 15 is 0 Å². The average Bonchev–Trinajstić information content (AvgIpc) is 2.77. The molecule has 4 bridgehead atoms. The summed E-state index contributed by atoms with van der Waals surface area (Å²) in [4.78, 5) is 14.2. The number of benzene rings is 2. The molecule has 176 valence electrons. The molecule has 2 fully saturated rings. The van der Waals surface area contributed by atoms with Gasteiger partial charge in [0.05, 0.1) is 19.2 Å². The van der Waals surface area contributed by atoms with Crippen molar-refractivity contribution in [2.75, 3.05) is 13.7 Å². The van der Waals surface area contributed by atoms with E-state index in [-0.39, 0.29) is 29.1 Å². The van der Waals surface area contributed by atoms with Crippen LogP contribution in [0.2, 0.25) is 0 Å². The van der Waals surface area contributed by atoms with Crippen LogP contribution < -0.4 is 9.64 Å². The Morgan fingerprint density at radius 3 is 2.64 bits per heavy atom. The lowest BCUT2D eigenvalue weighted by atomic mass is 9.68. The van der Waals surface area contributed by atoms with E-state index in [2.05, 4.69) is 13.8 Å². The van der Waals surface area contributed by atoms with Crippen molar-refractivity contribution >= 4 is 5.97 Å². The van der Waals surface area contributed by atoms with Gasteiger partial charge < -0.3 is 24.6 Å². The molecule has 5 rings (SSSR count). The van der Waals surface area contributed by atoms with Crippen molar-refractivity contribution in [2.45, 2.75) is 76.0 Å². The third kappa shape index (κ3) is 3.65. The van der Waals surface area contributed by atoms with Gasteiger partial charge >= 0.3 is 5.97 Å². The van der Waals surface area contributed by atoms with Gasteiger partial charge in [0, 0.05) is 36.8 Å². The fraction of sp³-hybridized carbons (Fsp3) is 0.519. The number of piperidine rings is 2. The van der Waals surface area contributed by atoms with Crippen LogP contribution in [-0.2, 0) is 21.5 Å². The van der Waals surface area contributed by atoms with Crippen molar-refractivity contribution in [3.63, 3.8) is 0 Å². The van der Waals surface area contributed by atoms with E-state index in [4.69, 9.17) is 9.47 Å². The first-order valence-corrected chi connectivity index (χ1v) is 12.0. The molecule has 2 aromatic carbocycles. The number of aromatic hydroxyl groups is 2. The van der Waals surface area contributed by atoms with Crippen LogP contribution in [0.3, 0.4) is 0 Å². The van der Waals surface area contributed by atoms with Crippen molar-refractivity contribution in [3.8, 4) is 28.4 Å². The van der Waals surface area contributed by atoms with Gasteiger partial charge in [0.15, 0.2) is 11.5 Å². The molecule has 3 aliphatic rings. The molecule has 0 aromatic heterocycles. The minimum absolute atomic E-state index is 0.0307. The molecule has 3 heterocycles. The van der Waals surface area contributed by atoms with E-state index in [9.17, 15) is 15.0 Å². The fourth-order valence-electron chi connectivity index (χ4n) is 6.80. The highest BCUT2D eigenvalue weighted by Gasteiger charge is 2.57. The maximum Gasteiger partial charge on any atom is 0.306 e. The first kappa shape index (κ1) is 22.1. The number of methoxy groups -OCH3 is 1. The first-order chi connectivity index (χ1) is 15.7. The smallest absolute Gasteiger partial charge is 0.306 e. The number of carbonyl (C=O) groups excluding carboxylic acids is 1. The Morgan fingerprint density at radius 2 is 1.85 bits per heavy atom. The zero-order valence-corrected chi connectivity index (χ0v) is 19.7. The summed E-state index contributed by atoms with van der Waals surface area (Å²) in [7, 11) is 1.54. The molecule has 33 heavy (non-hydrogen) atoms. The van der Waals surface area contributed by atoms with Crippen LogP contribution in [0.1, 0.15) is 63.5 Å². The first-order valence-electron chi connectivity index (χ1n) is 12.0. The summed E-state index contributed by atoms with van der Waals surface area (Å²) in [5, 5.41) is 21.7. The third-order valence-electron chi connectivity index (χ3n) is 8.29. The second-order valence-electron chi connectivity index (χ2n) is 10.5. The number of phenolic OH excluding ortho intramolecular Hbond substituents is 2. The molecule has 0 amide bonds. The summed E-state index contributed by atoms with van der Waals surface area (Å²) in [5.74, 6) is 0.472. The van der Waals surface area contributed by atoms with Gasteiger partial charge in [-0.2, -0.15) is 0 Å². The minimum Gasteiger partial charge on any atom is -0.507 e. The van der Waals surface area contributed by atoms with Gasteiger partial charge in [0.1, 0.15) is 17.4 Å². The Bertz CT molecular complexity index is 1100. The Labute approximate surface area is 195 Å². The van der Waals surface area contributed by atoms with Crippen LogP contribution in [0.4, 0.5) is 0 Å². The van der Waals surface area contributed by atoms with Crippen LogP contribution in [0.25, 0.3) is 11.1 Å². The minimum atomic E-state index is -0.418. The van der Waals surface area contributed by atoms with Crippen LogP contribution in [0.15, 0.2) is 30.3 Å². The number of phenols is 2. The van der Waals surface area contributed by atoms with Gasteiger partial charge in [-0.25, -0.2) is 0 Å². The van der Waals surface area contributed by atoms with Crippen LogP contribution in [0, 0.1) is 0 Å². The zero-order chi connectivity index (χ0) is 23.4. The molecule has 4 atom stereocenters. The van der Waals surface area contributed by atoms with Crippen molar-refractivity contribution in [2.24, 2.45) is 0 Å². The highest BCUT2D eigenvalue weighted by atomic mass is 16.5.